The van der Waals surface area contributed by atoms with Gasteiger partial charge in [-0.3, -0.25) is 0 Å². The fraction of sp³-hybridized carbons (Fsp3) is 0.310. The van der Waals surface area contributed by atoms with Gasteiger partial charge in [-0.05, 0) is 86.6 Å². The molecule has 1 aliphatic rings. The molecule has 0 radical (unpaired) electrons. The van der Waals surface area contributed by atoms with E-state index in [1.54, 1.807) is 11.0 Å². The molecule has 1 aliphatic heterocycles. The van der Waals surface area contributed by atoms with Crippen LogP contribution in [0.5, 0.6) is 11.5 Å². The highest BCUT2D eigenvalue weighted by atomic mass is 16.7. The largest absolute Gasteiger partial charge is 0.457 e. The average molecular weight is 489 g/mol. The van der Waals surface area contributed by atoms with Crippen molar-refractivity contribution in [3.63, 3.8) is 0 Å². The van der Waals surface area contributed by atoms with Gasteiger partial charge in [0.1, 0.15) is 17.1 Å². The van der Waals surface area contributed by atoms with Crippen molar-refractivity contribution in [2.45, 2.75) is 45.1 Å². The van der Waals surface area contributed by atoms with Crippen molar-refractivity contribution < 1.29 is 23.9 Å². The van der Waals surface area contributed by atoms with Crippen molar-refractivity contribution in [3.8, 4) is 22.6 Å². The first kappa shape index (κ1) is 25.3. The number of rotatable bonds is 5. The van der Waals surface area contributed by atoms with Gasteiger partial charge in [-0.15, -0.1) is 0 Å². The molecule has 3 aromatic rings. The van der Waals surface area contributed by atoms with E-state index in [1.165, 1.54) is 0 Å². The van der Waals surface area contributed by atoms with Crippen molar-refractivity contribution in [3.05, 3.63) is 83.9 Å². The van der Waals surface area contributed by atoms with Crippen molar-refractivity contribution in [1.29, 1.82) is 0 Å². The van der Waals surface area contributed by atoms with E-state index in [2.05, 4.69) is 4.84 Å². The van der Waals surface area contributed by atoms with E-state index in [0.717, 1.165) is 35.3 Å². The third-order valence-electron chi connectivity index (χ3n) is 6.13. The van der Waals surface area contributed by atoms with E-state index in [0.29, 0.717) is 24.4 Å². The smallest absolute Gasteiger partial charge is 0.410 e. The van der Waals surface area contributed by atoms with Crippen LogP contribution in [0.3, 0.4) is 0 Å². The number of hydrogen-bond acceptors (Lipinski definition) is 6. The van der Waals surface area contributed by atoms with Crippen molar-refractivity contribution in [2.24, 2.45) is 5.90 Å². The Hall–Kier alpha value is -3.84. The monoisotopic (exact) mass is 488 g/mol. The molecular formula is C29H32N2O5. The number of amides is 1. The lowest BCUT2D eigenvalue weighted by Gasteiger charge is -2.33. The first-order chi connectivity index (χ1) is 17.2. The van der Waals surface area contributed by atoms with Crippen LogP contribution in [0.15, 0.2) is 72.8 Å². The van der Waals surface area contributed by atoms with Crippen LogP contribution in [0, 0.1) is 0 Å². The molecule has 1 fully saturated rings. The molecule has 1 heterocycles. The van der Waals surface area contributed by atoms with Gasteiger partial charge in [0.05, 0.1) is 5.56 Å². The van der Waals surface area contributed by atoms with Crippen LogP contribution in [0.4, 0.5) is 4.79 Å². The number of benzene rings is 3. The predicted molar refractivity (Wildman–Crippen MR) is 138 cm³/mol. The van der Waals surface area contributed by atoms with Crippen molar-refractivity contribution in [1.82, 2.24) is 4.90 Å². The molecule has 0 atom stereocenters. The molecule has 36 heavy (non-hydrogen) atoms. The molecule has 0 saturated carbocycles. The van der Waals surface area contributed by atoms with Crippen molar-refractivity contribution in [2.75, 3.05) is 13.1 Å². The first-order valence-corrected chi connectivity index (χ1v) is 12.1. The molecule has 3 aromatic carbocycles. The van der Waals surface area contributed by atoms with Gasteiger partial charge in [0.15, 0.2) is 0 Å². The average Bonchev–Trinajstić information content (AvgIpc) is 2.88. The van der Waals surface area contributed by atoms with E-state index in [-0.39, 0.29) is 12.0 Å². The van der Waals surface area contributed by atoms with Gasteiger partial charge in [-0.25, -0.2) is 9.59 Å². The highest BCUT2D eigenvalue weighted by molar-refractivity contribution is 5.97. The van der Waals surface area contributed by atoms with Crippen molar-refractivity contribution >= 4 is 12.1 Å². The van der Waals surface area contributed by atoms with Gasteiger partial charge in [-0.2, -0.15) is 5.90 Å². The molecule has 0 bridgehead atoms. The molecule has 0 aliphatic carbocycles. The van der Waals surface area contributed by atoms with Crippen LogP contribution >= 0.6 is 0 Å². The Morgan fingerprint density at radius 2 is 1.53 bits per heavy atom. The minimum atomic E-state index is -0.596. The molecule has 7 nitrogen and oxygen atoms in total. The van der Waals surface area contributed by atoms with Crippen LogP contribution in [0.2, 0.25) is 0 Å². The Balaban J connectivity index is 1.53. The van der Waals surface area contributed by atoms with Crippen LogP contribution in [0.25, 0.3) is 11.1 Å². The molecule has 7 heteroatoms. The Bertz CT molecular complexity index is 1190. The summed E-state index contributed by atoms with van der Waals surface area (Å²) in [5, 5.41) is 0. The van der Waals surface area contributed by atoms with Crippen LogP contribution < -0.4 is 10.6 Å². The normalized spacial score (nSPS) is 14.3. The van der Waals surface area contributed by atoms with Gasteiger partial charge >= 0.3 is 12.1 Å². The first-order valence-electron chi connectivity index (χ1n) is 12.1. The topological polar surface area (TPSA) is 91.1 Å². The highest BCUT2D eigenvalue weighted by Gasteiger charge is 2.28. The predicted octanol–water partition coefficient (Wildman–Crippen LogP) is 6.29. The lowest BCUT2D eigenvalue weighted by Crippen LogP contribution is -2.41. The lowest BCUT2D eigenvalue weighted by atomic mass is 9.86. The van der Waals surface area contributed by atoms with Crippen LogP contribution in [-0.4, -0.2) is 35.7 Å². The second kappa shape index (κ2) is 10.8. The summed E-state index contributed by atoms with van der Waals surface area (Å²) in [7, 11) is 0. The zero-order valence-electron chi connectivity index (χ0n) is 20.9. The minimum Gasteiger partial charge on any atom is -0.457 e. The molecule has 2 N–H and O–H groups in total. The molecule has 0 aromatic heterocycles. The van der Waals surface area contributed by atoms with Gasteiger partial charge < -0.3 is 19.2 Å². The number of carbonyl (C=O) groups excluding carboxylic acids is 2. The number of ether oxygens (including phenoxy) is 2. The van der Waals surface area contributed by atoms with E-state index in [9.17, 15) is 9.59 Å². The summed E-state index contributed by atoms with van der Waals surface area (Å²) >= 11 is 0. The highest BCUT2D eigenvalue weighted by Crippen LogP contribution is 2.34. The van der Waals surface area contributed by atoms with Gasteiger partial charge in [0.25, 0.3) is 0 Å². The summed E-state index contributed by atoms with van der Waals surface area (Å²) in [6.45, 7) is 6.84. The van der Waals surface area contributed by atoms with E-state index in [1.807, 2.05) is 87.5 Å². The Morgan fingerprint density at radius 1 is 0.889 bits per heavy atom. The summed E-state index contributed by atoms with van der Waals surface area (Å²) in [6, 6.07) is 22.8. The Morgan fingerprint density at radius 3 is 2.14 bits per heavy atom. The van der Waals surface area contributed by atoms with Crippen LogP contribution in [0.1, 0.15) is 55.5 Å². The summed E-state index contributed by atoms with van der Waals surface area (Å²) in [5.74, 6) is 6.31. The maximum Gasteiger partial charge on any atom is 0.410 e. The molecule has 0 unspecified atom stereocenters. The van der Waals surface area contributed by atoms with Crippen LogP contribution in [-0.2, 0) is 9.57 Å². The molecule has 1 amide bonds. The number of para-hydroxylation sites is 1. The fourth-order valence-electron chi connectivity index (χ4n) is 4.35. The number of piperidine rings is 1. The maximum absolute atomic E-state index is 12.4. The third kappa shape index (κ3) is 6.23. The summed E-state index contributed by atoms with van der Waals surface area (Å²) in [6.07, 6.45) is 1.34. The number of nitrogens with zero attached hydrogens (tertiary/aromatic N) is 1. The zero-order valence-corrected chi connectivity index (χ0v) is 20.9. The van der Waals surface area contributed by atoms with E-state index < -0.39 is 11.6 Å². The van der Waals surface area contributed by atoms with E-state index >= 15 is 0 Å². The SMILES string of the molecule is CC(C)(C)OC(=O)N1CCC(c2ccc(C(=O)ON)c(-c3ccc(Oc4ccccc4)cc3)c2)CC1. The van der Waals surface area contributed by atoms with E-state index in [4.69, 9.17) is 15.4 Å². The molecule has 0 spiro atoms. The van der Waals surface area contributed by atoms with Gasteiger partial charge in [0.2, 0.25) is 0 Å². The molecule has 1 saturated heterocycles. The van der Waals surface area contributed by atoms with Gasteiger partial charge in [-0.1, -0.05) is 42.5 Å². The summed E-state index contributed by atoms with van der Waals surface area (Å²) < 4.78 is 11.4. The number of likely N-dealkylation sites (tertiary alicyclic amines) is 1. The maximum atomic E-state index is 12.4. The second-order valence-corrected chi connectivity index (χ2v) is 9.89. The Kier molecular flexibility index (Phi) is 7.60. The second-order valence-electron chi connectivity index (χ2n) is 9.89. The van der Waals surface area contributed by atoms with Gasteiger partial charge in [0, 0.05) is 13.1 Å². The fourth-order valence-corrected chi connectivity index (χ4v) is 4.35. The quantitative estimate of drug-likeness (QED) is 0.424. The molecular weight excluding hydrogens is 456 g/mol. The molecule has 188 valence electrons. The lowest BCUT2D eigenvalue weighted by molar-refractivity contribution is 0.0204. The standard InChI is InChI=1S/C29H32N2O5/c1-29(2,3)35-28(33)31-17-15-20(16-18-31)22-11-14-25(27(32)36-30)26(19-22)21-9-12-24(13-10-21)34-23-7-5-4-6-8-23/h4-14,19-20H,15-18,30H2,1-3H3. The minimum absolute atomic E-state index is 0.256. The number of nitrogens with two attached hydrogens (primary N) is 1. The summed E-state index contributed by atoms with van der Waals surface area (Å²) in [5.41, 5.74) is 2.57. The third-order valence-corrected chi connectivity index (χ3v) is 6.13. The number of hydrogen-bond donors (Lipinski definition) is 1. The Labute approximate surface area is 211 Å². The molecule has 4 rings (SSSR count). The summed E-state index contributed by atoms with van der Waals surface area (Å²) in [4.78, 5) is 31.1. The number of carbonyl (C=O) groups is 2. The zero-order chi connectivity index (χ0) is 25.7.